The molecule has 3 atom stereocenters. The molecule has 2 heteroatoms. The van der Waals surface area contributed by atoms with Crippen molar-refractivity contribution in [3.8, 4) is 0 Å². The van der Waals surface area contributed by atoms with E-state index < -0.39 is 8.32 Å². The molecule has 0 heterocycles. The second-order valence-corrected chi connectivity index (χ2v) is 22.4. The molecular weight excluding hydrogens is 621 g/mol. The summed E-state index contributed by atoms with van der Waals surface area (Å²) in [7, 11) is -2.36. The van der Waals surface area contributed by atoms with Crippen LogP contribution >= 0.6 is 0 Å². The van der Waals surface area contributed by atoms with Crippen LogP contribution in [0, 0.1) is 0 Å². The van der Waals surface area contributed by atoms with Gasteiger partial charge in [-0.05, 0) is 16.6 Å². The quantitative estimate of drug-likeness (QED) is 0.0492. The first kappa shape index (κ1) is 50.2. The van der Waals surface area contributed by atoms with E-state index in [1.807, 2.05) is 0 Å². The Hall–Kier alpha value is 0.177. The van der Waals surface area contributed by atoms with Gasteiger partial charge in [-0.2, -0.15) is 0 Å². The molecule has 302 valence electrons. The molecule has 0 bridgehead atoms. The van der Waals surface area contributed by atoms with Gasteiger partial charge in [-0.25, -0.2) is 0 Å². The van der Waals surface area contributed by atoms with Crippen molar-refractivity contribution < 1.29 is 4.80 Å². The van der Waals surface area contributed by atoms with Crippen molar-refractivity contribution in [2.75, 3.05) is 0 Å². The molecule has 0 aromatic carbocycles. The highest BCUT2D eigenvalue weighted by molar-refractivity contribution is 6.76. The Morgan fingerprint density at radius 2 is 0.400 bits per heavy atom. The minimum absolute atomic E-state index is 0.547. The van der Waals surface area contributed by atoms with Gasteiger partial charge in [-0.1, -0.05) is 292 Å². The maximum atomic E-state index is 12.7. The van der Waals surface area contributed by atoms with Crippen molar-refractivity contribution >= 4 is 8.32 Å². The van der Waals surface area contributed by atoms with Crippen molar-refractivity contribution in [1.29, 1.82) is 0 Å². The fourth-order valence-corrected chi connectivity index (χ4v) is 13.9. The van der Waals surface area contributed by atoms with Gasteiger partial charge in [0.2, 0.25) is 0 Å². The Bertz CT molecular complexity index is 550. The lowest BCUT2D eigenvalue weighted by Gasteiger charge is -2.42. The lowest BCUT2D eigenvalue weighted by atomic mass is 10.0. The van der Waals surface area contributed by atoms with E-state index in [9.17, 15) is 4.80 Å². The molecule has 0 saturated heterocycles. The number of hydrogen-bond donors (Lipinski definition) is 1. The molecule has 1 N–H and O–H groups in total. The lowest BCUT2D eigenvalue weighted by molar-refractivity contribution is 0.419. The van der Waals surface area contributed by atoms with Crippen LogP contribution < -0.4 is 0 Å². The van der Waals surface area contributed by atoms with Crippen LogP contribution in [-0.4, -0.2) is 13.1 Å². The zero-order chi connectivity index (χ0) is 36.8. The Labute approximate surface area is 320 Å². The molecular formula is C48H100OSi. The molecule has 0 aromatic rings. The fourth-order valence-electron chi connectivity index (χ4n) is 9.03. The molecule has 50 heavy (non-hydrogen) atoms. The molecule has 0 spiro atoms. The summed E-state index contributed by atoms with van der Waals surface area (Å²) < 4.78 is 0. The second kappa shape index (κ2) is 38.9. The smallest absolute Gasteiger partial charge is 0.196 e. The van der Waals surface area contributed by atoms with Gasteiger partial charge in [0.1, 0.15) is 0 Å². The topological polar surface area (TPSA) is 20.2 Å². The van der Waals surface area contributed by atoms with E-state index in [4.69, 9.17) is 0 Å². The molecule has 0 aliphatic carbocycles. The molecule has 0 amide bonds. The van der Waals surface area contributed by atoms with Crippen LogP contribution in [0.15, 0.2) is 0 Å². The van der Waals surface area contributed by atoms with E-state index >= 15 is 0 Å². The third-order valence-corrected chi connectivity index (χ3v) is 18.4. The normalized spacial score (nSPS) is 14.9. The fraction of sp³-hybridized carbons (Fsp3) is 1.00. The van der Waals surface area contributed by atoms with E-state index in [2.05, 4.69) is 41.5 Å². The summed E-state index contributed by atoms with van der Waals surface area (Å²) >= 11 is 0. The van der Waals surface area contributed by atoms with Crippen molar-refractivity contribution in [3.63, 3.8) is 0 Å². The van der Waals surface area contributed by atoms with Crippen molar-refractivity contribution in [3.05, 3.63) is 0 Å². The van der Waals surface area contributed by atoms with Crippen molar-refractivity contribution in [2.45, 2.75) is 309 Å². The number of hydrogen-bond acceptors (Lipinski definition) is 1. The minimum atomic E-state index is -2.36. The molecule has 0 fully saturated rings. The van der Waals surface area contributed by atoms with Gasteiger partial charge in [-0.3, -0.25) is 0 Å². The van der Waals surface area contributed by atoms with Gasteiger partial charge in [0.25, 0.3) is 0 Å². The van der Waals surface area contributed by atoms with Gasteiger partial charge in [-0.15, -0.1) is 0 Å². The summed E-state index contributed by atoms with van der Waals surface area (Å²) in [6.45, 7) is 14.4. The summed E-state index contributed by atoms with van der Waals surface area (Å²) in [6, 6.07) is 0. The van der Waals surface area contributed by atoms with Gasteiger partial charge >= 0.3 is 0 Å². The highest BCUT2D eigenvalue weighted by Gasteiger charge is 2.46. The molecule has 0 rings (SSSR count). The van der Waals surface area contributed by atoms with Crippen molar-refractivity contribution in [1.82, 2.24) is 0 Å². The van der Waals surface area contributed by atoms with Gasteiger partial charge in [0, 0.05) is 0 Å². The van der Waals surface area contributed by atoms with E-state index in [1.165, 1.54) is 250 Å². The minimum Gasteiger partial charge on any atom is -0.431 e. The Morgan fingerprint density at radius 3 is 0.560 bits per heavy atom. The van der Waals surface area contributed by atoms with Crippen molar-refractivity contribution in [2.24, 2.45) is 0 Å². The zero-order valence-corrected chi connectivity index (χ0v) is 37.3. The molecule has 0 aliphatic heterocycles. The third kappa shape index (κ3) is 29.6. The van der Waals surface area contributed by atoms with Crippen LogP contribution in [0.5, 0.6) is 0 Å². The summed E-state index contributed by atoms with van der Waals surface area (Å²) in [6.07, 6.45) is 54.9. The average molecular weight is 721 g/mol. The molecule has 1 nitrogen and oxygen atoms in total. The third-order valence-electron chi connectivity index (χ3n) is 12.8. The SMILES string of the molecule is CCCCCCCCCCCCCCC(C)[Si](O)(C(C)CCCCCCCCCCCCCC)C(C)CCCCCCCCCCCCCC. The zero-order valence-electron chi connectivity index (χ0n) is 36.3. The lowest BCUT2D eigenvalue weighted by Crippen LogP contribution is -2.47. The highest BCUT2D eigenvalue weighted by atomic mass is 28.4. The van der Waals surface area contributed by atoms with Crippen LogP contribution in [0.25, 0.3) is 0 Å². The van der Waals surface area contributed by atoms with E-state index in [0.717, 1.165) is 0 Å². The standard InChI is InChI=1S/C48H100OSi/c1-7-10-13-16-19-22-25-28-31-34-37-40-43-46(4)50(49,47(5)44-41-38-35-32-29-26-23-20-17-14-11-8-2)48(6)45-42-39-36-33-30-27-24-21-18-15-12-9-3/h46-49H,7-45H2,1-6H3. The average Bonchev–Trinajstić information content (AvgIpc) is 3.12. The van der Waals surface area contributed by atoms with Gasteiger partial charge < -0.3 is 4.80 Å². The largest absolute Gasteiger partial charge is 0.431 e. The first-order chi connectivity index (χ1) is 24.4. The molecule has 0 aromatic heterocycles. The molecule has 0 aliphatic rings. The number of rotatable bonds is 42. The van der Waals surface area contributed by atoms with E-state index in [-0.39, 0.29) is 0 Å². The number of unbranched alkanes of at least 4 members (excludes halogenated alkanes) is 33. The maximum absolute atomic E-state index is 12.7. The first-order valence-electron chi connectivity index (χ1n) is 24.2. The summed E-state index contributed by atoms with van der Waals surface area (Å²) in [4.78, 5) is 12.7. The van der Waals surface area contributed by atoms with E-state index in [0.29, 0.717) is 16.6 Å². The van der Waals surface area contributed by atoms with Gasteiger partial charge in [0.05, 0.1) is 0 Å². The summed E-state index contributed by atoms with van der Waals surface area (Å²) in [5, 5.41) is 0. The highest BCUT2D eigenvalue weighted by Crippen LogP contribution is 2.46. The maximum Gasteiger partial charge on any atom is 0.196 e. The van der Waals surface area contributed by atoms with Crippen LogP contribution in [-0.2, 0) is 0 Å². The summed E-state index contributed by atoms with van der Waals surface area (Å²) in [5.41, 5.74) is 1.64. The second-order valence-electron chi connectivity index (χ2n) is 17.6. The van der Waals surface area contributed by atoms with Gasteiger partial charge in [0.15, 0.2) is 8.32 Å². The van der Waals surface area contributed by atoms with Crippen LogP contribution in [0.2, 0.25) is 16.6 Å². The van der Waals surface area contributed by atoms with E-state index in [1.54, 1.807) is 0 Å². The first-order valence-corrected chi connectivity index (χ1v) is 26.3. The van der Waals surface area contributed by atoms with Crippen LogP contribution in [0.4, 0.5) is 0 Å². The monoisotopic (exact) mass is 721 g/mol. The molecule has 3 unspecified atom stereocenters. The molecule has 0 saturated carbocycles. The molecule has 0 radical (unpaired) electrons. The Kier molecular flexibility index (Phi) is 39.0. The Balaban J connectivity index is 4.52. The predicted molar refractivity (Wildman–Crippen MR) is 233 cm³/mol. The van der Waals surface area contributed by atoms with Crippen LogP contribution in [0.3, 0.4) is 0 Å². The summed E-state index contributed by atoms with van der Waals surface area (Å²) in [5.74, 6) is 0. The Morgan fingerprint density at radius 1 is 0.260 bits per heavy atom. The van der Waals surface area contributed by atoms with Crippen LogP contribution in [0.1, 0.15) is 292 Å². The predicted octanol–water partition coefficient (Wildman–Crippen LogP) is 18.4.